The maximum atomic E-state index is 11.9. The Bertz CT molecular complexity index is 338. The number of urea groups is 1. The van der Waals surface area contributed by atoms with Crippen LogP contribution in [-0.4, -0.2) is 29.7 Å². The molecule has 5 heteroatoms. The number of carbonyl (C=O) groups excluding carboxylic acids is 1. The van der Waals surface area contributed by atoms with Gasteiger partial charge in [0.25, 0.3) is 0 Å². The Labute approximate surface area is 127 Å². The number of hydrogen-bond donors (Lipinski definition) is 3. The van der Waals surface area contributed by atoms with E-state index in [9.17, 15) is 9.59 Å². The first-order chi connectivity index (χ1) is 9.88. The van der Waals surface area contributed by atoms with Crippen molar-refractivity contribution in [1.29, 1.82) is 0 Å². The zero-order valence-corrected chi connectivity index (χ0v) is 13.5. The Balaban J connectivity index is 2.32. The molecular weight excluding hydrogens is 268 g/mol. The molecule has 0 aromatic heterocycles. The van der Waals surface area contributed by atoms with Crippen molar-refractivity contribution >= 4 is 12.0 Å². The molecule has 0 aromatic rings. The van der Waals surface area contributed by atoms with E-state index in [1.807, 2.05) is 0 Å². The first kappa shape index (κ1) is 17.8. The molecule has 2 amide bonds. The van der Waals surface area contributed by atoms with Gasteiger partial charge in [-0.3, -0.25) is 4.79 Å². The molecule has 2 atom stereocenters. The number of hydrogen-bond acceptors (Lipinski definition) is 2. The van der Waals surface area contributed by atoms with Crippen molar-refractivity contribution in [2.45, 2.75) is 65.3 Å². The second-order valence-corrected chi connectivity index (χ2v) is 6.78. The SMILES string of the molecule is CC(C)C[C@H](CNC(=O)NC(C)C1CCCC1)CC(=O)O. The van der Waals surface area contributed by atoms with Crippen LogP contribution < -0.4 is 10.6 Å². The monoisotopic (exact) mass is 298 g/mol. The van der Waals surface area contributed by atoms with Crippen molar-refractivity contribution in [2.75, 3.05) is 6.54 Å². The molecule has 1 aliphatic carbocycles. The molecule has 1 aliphatic rings. The first-order valence-electron chi connectivity index (χ1n) is 8.14. The van der Waals surface area contributed by atoms with Gasteiger partial charge in [-0.2, -0.15) is 0 Å². The summed E-state index contributed by atoms with van der Waals surface area (Å²) < 4.78 is 0. The van der Waals surface area contributed by atoms with Crippen LogP contribution in [0.2, 0.25) is 0 Å². The quantitative estimate of drug-likeness (QED) is 0.644. The Hall–Kier alpha value is -1.26. The fourth-order valence-corrected chi connectivity index (χ4v) is 3.22. The van der Waals surface area contributed by atoms with E-state index in [0.29, 0.717) is 18.4 Å². The highest BCUT2D eigenvalue weighted by Crippen LogP contribution is 2.27. The highest BCUT2D eigenvalue weighted by Gasteiger charge is 2.23. The predicted octanol–water partition coefficient (Wildman–Crippen LogP) is 3.00. The molecule has 1 fully saturated rings. The van der Waals surface area contributed by atoms with Crippen LogP contribution in [0.15, 0.2) is 0 Å². The third kappa shape index (κ3) is 7.34. The van der Waals surface area contributed by atoms with E-state index in [0.717, 1.165) is 6.42 Å². The van der Waals surface area contributed by atoms with Gasteiger partial charge < -0.3 is 15.7 Å². The third-order valence-corrected chi connectivity index (χ3v) is 4.29. The molecule has 0 saturated heterocycles. The molecular formula is C16H30N2O3. The zero-order valence-electron chi connectivity index (χ0n) is 13.5. The Morgan fingerprint density at radius 3 is 2.33 bits per heavy atom. The Kier molecular flexibility index (Phi) is 7.54. The largest absolute Gasteiger partial charge is 0.481 e. The van der Waals surface area contributed by atoms with E-state index in [-0.39, 0.29) is 24.4 Å². The second kappa shape index (κ2) is 8.90. The van der Waals surface area contributed by atoms with Crippen LogP contribution in [0, 0.1) is 17.8 Å². The topological polar surface area (TPSA) is 78.4 Å². The first-order valence-corrected chi connectivity index (χ1v) is 8.14. The standard InChI is InChI=1S/C16H30N2O3/c1-11(2)8-13(9-15(19)20)10-17-16(21)18-12(3)14-6-4-5-7-14/h11-14H,4-10H2,1-3H3,(H,19,20)(H2,17,18,21)/t12?,13-/m0/s1. The molecule has 1 saturated carbocycles. The minimum absolute atomic E-state index is 0.00460. The summed E-state index contributed by atoms with van der Waals surface area (Å²) in [6.07, 6.45) is 5.81. The molecule has 0 heterocycles. The minimum atomic E-state index is -0.804. The lowest BCUT2D eigenvalue weighted by Crippen LogP contribution is -2.45. The van der Waals surface area contributed by atoms with E-state index in [1.54, 1.807) is 0 Å². The van der Waals surface area contributed by atoms with E-state index in [1.165, 1.54) is 25.7 Å². The van der Waals surface area contributed by atoms with E-state index in [4.69, 9.17) is 5.11 Å². The molecule has 122 valence electrons. The molecule has 0 radical (unpaired) electrons. The van der Waals surface area contributed by atoms with Gasteiger partial charge in [0.2, 0.25) is 0 Å². The average molecular weight is 298 g/mol. The van der Waals surface area contributed by atoms with Gasteiger partial charge in [0.15, 0.2) is 0 Å². The molecule has 0 aliphatic heterocycles. The maximum absolute atomic E-state index is 11.9. The highest BCUT2D eigenvalue weighted by atomic mass is 16.4. The Morgan fingerprint density at radius 1 is 1.19 bits per heavy atom. The van der Waals surface area contributed by atoms with Gasteiger partial charge in [0.05, 0.1) is 0 Å². The summed E-state index contributed by atoms with van der Waals surface area (Å²) >= 11 is 0. The molecule has 5 nitrogen and oxygen atoms in total. The molecule has 1 rings (SSSR count). The van der Waals surface area contributed by atoms with E-state index >= 15 is 0 Å². The van der Waals surface area contributed by atoms with Gasteiger partial charge in [0, 0.05) is 19.0 Å². The number of rotatable bonds is 8. The molecule has 0 spiro atoms. The van der Waals surface area contributed by atoms with Gasteiger partial charge in [-0.15, -0.1) is 0 Å². The van der Waals surface area contributed by atoms with Crippen molar-refractivity contribution in [3.63, 3.8) is 0 Å². The van der Waals surface area contributed by atoms with Crippen molar-refractivity contribution in [1.82, 2.24) is 10.6 Å². The molecule has 1 unspecified atom stereocenters. The fourth-order valence-electron chi connectivity index (χ4n) is 3.22. The van der Waals surface area contributed by atoms with E-state index < -0.39 is 5.97 Å². The number of nitrogens with one attached hydrogen (secondary N) is 2. The molecule has 0 aromatic carbocycles. The van der Waals surface area contributed by atoms with Crippen LogP contribution >= 0.6 is 0 Å². The second-order valence-electron chi connectivity index (χ2n) is 6.78. The highest BCUT2D eigenvalue weighted by molar-refractivity contribution is 5.74. The average Bonchev–Trinajstić information content (AvgIpc) is 2.88. The summed E-state index contributed by atoms with van der Waals surface area (Å²) in [5, 5.41) is 14.7. The lowest BCUT2D eigenvalue weighted by molar-refractivity contribution is -0.138. The predicted molar refractivity (Wildman–Crippen MR) is 83.2 cm³/mol. The van der Waals surface area contributed by atoms with Gasteiger partial charge in [0.1, 0.15) is 0 Å². The van der Waals surface area contributed by atoms with Crippen molar-refractivity contribution in [3.05, 3.63) is 0 Å². The third-order valence-electron chi connectivity index (χ3n) is 4.29. The Morgan fingerprint density at radius 2 is 1.81 bits per heavy atom. The number of amides is 2. The number of aliphatic carboxylic acids is 1. The summed E-state index contributed by atoms with van der Waals surface area (Å²) in [6, 6.07) is 0.0177. The van der Waals surface area contributed by atoms with Crippen molar-refractivity contribution in [3.8, 4) is 0 Å². The number of carboxylic acids is 1. The summed E-state index contributed by atoms with van der Waals surface area (Å²) in [5.41, 5.74) is 0. The van der Waals surface area contributed by atoms with E-state index in [2.05, 4.69) is 31.4 Å². The lowest BCUT2D eigenvalue weighted by Gasteiger charge is -2.22. The molecule has 0 bridgehead atoms. The summed E-state index contributed by atoms with van der Waals surface area (Å²) in [7, 11) is 0. The summed E-state index contributed by atoms with van der Waals surface area (Å²) in [6.45, 7) is 6.61. The van der Waals surface area contributed by atoms with Gasteiger partial charge >= 0.3 is 12.0 Å². The number of carbonyl (C=O) groups is 2. The summed E-state index contributed by atoms with van der Waals surface area (Å²) in [4.78, 5) is 22.8. The zero-order chi connectivity index (χ0) is 15.8. The molecule has 3 N–H and O–H groups in total. The smallest absolute Gasteiger partial charge is 0.315 e. The number of carboxylic acid groups (broad SMARTS) is 1. The summed E-state index contributed by atoms with van der Waals surface area (Å²) in [5.74, 6) is 0.204. The van der Waals surface area contributed by atoms with Gasteiger partial charge in [-0.05, 0) is 43.9 Å². The van der Waals surface area contributed by atoms with Gasteiger partial charge in [-0.1, -0.05) is 26.7 Å². The lowest BCUT2D eigenvalue weighted by atomic mass is 9.94. The maximum Gasteiger partial charge on any atom is 0.315 e. The van der Waals surface area contributed by atoms with Crippen LogP contribution in [-0.2, 0) is 4.79 Å². The van der Waals surface area contributed by atoms with Crippen LogP contribution in [0.1, 0.15) is 59.3 Å². The van der Waals surface area contributed by atoms with Crippen LogP contribution in [0.25, 0.3) is 0 Å². The van der Waals surface area contributed by atoms with Crippen LogP contribution in [0.3, 0.4) is 0 Å². The minimum Gasteiger partial charge on any atom is -0.481 e. The van der Waals surface area contributed by atoms with Gasteiger partial charge in [-0.25, -0.2) is 4.79 Å². The van der Waals surface area contributed by atoms with Crippen molar-refractivity contribution < 1.29 is 14.7 Å². The van der Waals surface area contributed by atoms with Crippen molar-refractivity contribution in [2.24, 2.45) is 17.8 Å². The van der Waals surface area contributed by atoms with Crippen LogP contribution in [0.4, 0.5) is 4.79 Å². The molecule has 21 heavy (non-hydrogen) atoms. The van der Waals surface area contributed by atoms with Crippen LogP contribution in [0.5, 0.6) is 0 Å². The normalized spacial score (nSPS) is 18.5. The fraction of sp³-hybridized carbons (Fsp3) is 0.875.